The predicted molar refractivity (Wildman–Crippen MR) is 91.3 cm³/mol. The van der Waals surface area contributed by atoms with Crippen LogP contribution in [0, 0.1) is 6.92 Å². The first-order valence-electron chi connectivity index (χ1n) is 7.32. The van der Waals surface area contributed by atoms with E-state index in [4.69, 9.17) is 4.74 Å². The Balaban J connectivity index is 1.61. The van der Waals surface area contributed by atoms with Crippen LogP contribution in [-0.4, -0.2) is 13.2 Å². The highest BCUT2D eigenvalue weighted by Gasteiger charge is 2.30. The summed E-state index contributed by atoms with van der Waals surface area (Å²) in [5, 5.41) is 3.64. The minimum absolute atomic E-state index is 0.555. The maximum atomic E-state index is 5.30. The van der Waals surface area contributed by atoms with Crippen LogP contribution in [0.2, 0.25) is 0 Å². The second-order valence-corrected chi connectivity index (χ2v) is 6.62. The number of aryl methyl sites for hydroxylation is 1. The quantitative estimate of drug-likeness (QED) is 0.829. The van der Waals surface area contributed by atoms with Crippen LogP contribution in [0.1, 0.15) is 29.9 Å². The molecule has 0 heterocycles. The topological polar surface area (TPSA) is 21.3 Å². The molecule has 3 heteroatoms. The van der Waals surface area contributed by atoms with Gasteiger partial charge in [0.25, 0.3) is 0 Å². The van der Waals surface area contributed by atoms with Crippen LogP contribution >= 0.6 is 15.9 Å². The zero-order valence-electron chi connectivity index (χ0n) is 12.4. The number of nitrogens with one attached hydrogen (secondary N) is 1. The van der Waals surface area contributed by atoms with Gasteiger partial charge in [-0.1, -0.05) is 18.2 Å². The highest BCUT2D eigenvalue weighted by atomic mass is 79.9. The molecule has 2 nitrogen and oxygen atoms in total. The number of methoxy groups -OCH3 is 1. The third-order valence-corrected chi connectivity index (χ3v) is 4.88. The lowest BCUT2D eigenvalue weighted by molar-refractivity contribution is 0.370. The molecule has 0 unspecified atom stereocenters. The summed E-state index contributed by atoms with van der Waals surface area (Å²) in [5.41, 5.74) is 3.86. The van der Waals surface area contributed by atoms with Crippen LogP contribution in [0.4, 0.5) is 5.69 Å². The van der Waals surface area contributed by atoms with Crippen LogP contribution in [0.3, 0.4) is 0 Å². The van der Waals surface area contributed by atoms with E-state index in [1.54, 1.807) is 7.11 Å². The SMILES string of the molecule is COc1cccc(C2CC(Nc3cc(C)ccc3Br)C2)c1. The number of rotatable bonds is 4. The molecule has 0 amide bonds. The Labute approximate surface area is 134 Å². The molecule has 0 aromatic heterocycles. The Morgan fingerprint density at radius 1 is 1.14 bits per heavy atom. The van der Waals surface area contributed by atoms with Gasteiger partial charge in [-0.25, -0.2) is 0 Å². The van der Waals surface area contributed by atoms with Gasteiger partial charge in [-0.05, 0) is 77.0 Å². The van der Waals surface area contributed by atoms with Gasteiger partial charge in [-0.2, -0.15) is 0 Å². The van der Waals surface area contributed by atoms with Crippen LogP contribution in [0.25, 0.3) is 0 Å². The average Bonchev–Trinajstić information content (AvgIpc) is 2.46. The molecule has 1 aliphatic rings. The van der Waals surface area contributed by atoms with E-state index < -0.39 is 0 Å². The van der Waals surface area contributed by atoms with Crippen LogP contribution in [-0.2, 0) is 0 Å². The molecule has 0 bridgehead atoms. The maximum Gasteiger partial charge on any atom is 0.119 e. The zero-order chi connectivity index (χ0) is 14.8. The minimum atomic E-state index is 0.555. The average molecular weight is 346 g/mol. The second-order valence-electron chi connectivity index (χ2n) is 5.77. The third-order valence-electron chi connectivity index (χ3n) is 4.18. The molecule has 110 valence electrons. The van der Waals surface area contributed by atoms with Crippen molar-refractivity contribution in [1.29, 1.82) is 0 Å². The number of hydrogen-bond acceptors (Lipinski definition) is 2. The predicted octanol–water partition coefficient (Wildman–Crippen LogP) is 5.12. The molecule has 0 aliphatic heterocycles. The van der Waals surface area contributed by atoms with Gasteiger partial charge >= 0.3 is 0 Å². The molecular formula is C18H20BrNO. The van der Waals surface area contributed by atoms with Gasteiger partial charge in [0.1, 0.15) is 5.75 Å². The van der Waals surface area contributed by atoms with Crippen molar-refractivity contribution >= 4 is 21.6 Å². The van der Waals surface area contributed by atoms with Crippen molar-refractivity contribution in [1.82, 2.24) is 0 Å². The summed E-state index contributed by atoms with van der Waals surface area (Å²) in [6.07, 6.45) is 2.35. The first-order chi connectivity index (χ1) is 10.2. The third kappa shape index (κ3) is 3.24. The minimum Gasteiger partial charge on any atom is -0.497 e. The monoisotopic (exact) mass is 345 g/mol. The van der Waals surface area contributed by atoms with Gasteiger partial charge < -0.3 is 10.1 Å². The van der Waals surface area contributed by atoms with E-state index in [-0.39, 0.29) is 0 Å². The van der Waals surface area contributed by atoms with E-state index >= 15 is 0 Å². The summed E-state index contributed by atoms with van der Waals surface area (Å²) < 4.78 is 6.44. The largest absolute Gasteiger partial charge is 0.497 e. The van der Waals surface area contributed by atoms with E-state index in [0.29, 0.717) is 12.0 Å². The Hall–Kier alpha value is -1.48. The van der Waals surface area contributed by atoms with Crippen molar-refractivity contribution in [3.8, 4) is 5.75 Å². The first-order valence-corrected chi connectivity index (χ1v) is 8.11. The van der Waals surface area contributed by atoms with Crippen molar-refractivity contribution in [3.05, 3.63) is 58.1 Å². The Bertz CT molecular complexity index is 635. The van der Waals surface area contributed by atoms with Crippen molar-refractivity contribution in [3.63, 3.8) is 0 Å². The molecule has 2 aromatic rings. The normalized spacial score (nSPS) is 20.7. The molecule has 2 aromatic carbocycles. The zero-order valence-corrected chi connectivity index (χ0v) is 14.0. The molecule has 0 spiro atoms. The summed E-state index contributed by atoms with van der Waals surface area (Å²) in [4.78, 5) is 0. The number of hydrogen-bond donors (Lipinski definition) is 1. The van der Waals surface area contributed by atoms with E-state index in [2.05, 4.69) is 64.6 Å². The lowest BCUT2D eigenvalue weighted by Gasteiger charge is -2.37. The number of anilines is 1. The summed E-state index contributed by atoms with van der Waals surface area (Å²) >= 11 is 3.61. The molecule has 0 radical (unpaired) electrons. The Kier molecular flexibility index (Phi) is 4.20. The van der Waals surface area contributed by atoms with E-state index in [1.807, 2.05) is 6.07 Å². The second kappa shape index (κ2) is 6.10. The Morgan fingerprint density at radius 3 is 2.71 bits per heavy atom. The molecule has 1 aliphatic carbocycles. The van der Waals surface area contributed by atoms with Crippen LogP contribution in [0.5, 0.6) is 5.75 Å². The van der Waals surface area contributed by atoms with Crippen molar-refractivity contribution < 1.29 is 4.74 Å². The standard InChI is InChI=1S/C18H20BrNO/c1-12-6-7-17(19)18(8-12)20-15-9-14(10-15)13-4-3-5-16(11-13)21-2/h3-8,11,14-15,20H,9-10H2,1-2H3. The van der Waals surface area contributed by atoms with Crippen molar-refractivity contribution in [2.24, 2.45) is 0 Å². The van der Waals surface area contributed by atoms with Crippen molar-refractivity contribution in [2.45, 2.75) is 31.7 Å². The molecule has 1 fully saturated rings. The van der Waals surface area contributed by atoms with E-state index in [1.165, 1.54) is 29.7 Å². The van der Waals surface area contributed by atoms with Crippen molar-refractivity contribution in [2.75, 3.05) is 12.4 Å². The number of ether oxygens (including phenoxy) is 1. The summed E-state index contributed by atoms with van der Waals surface area (Å²) in [6, 6.07) is 15.4. The molecule has 1 N–H and O–H groups in total. The van der Waals surface area contributed by atoms with Crippen LogP contribution < -0.4 is 10.1 Å². The van der Waals surface area contributed by atoms with Gasteiger partial charge in [0, 0.05) is 16.2 Å². The highest BCUT2D eigenvalue weighted by molar-refractivity contribution is 9.10. The Morgan fingerprint density at radius 2 is 1.95 bits per heavy atom. The van der Waals surface area contributed by atoms with Gasteiger partial charge in [-0.15, -0.1) is 0 Å². The molecule has 1 saturated carbocycles. The fraction of sp³-hybridized carbons (Fsp3) is 0.333. The summed E-state index contributed by atoms with van der Waals surface area (Å²) in [5.74, 6) is 1.59. The van der Waals surface area contributed by atoms with Gasteiger partial charge in [-0.3, -0.25) is 0 Å². The molecule has 3 rings (SSSR count). The number of benzene rings is 2. The molecule has 0 saturated heterocycles. The molecule has 21 heavy (non-hydrogen) atoms. The smallest absolute Gasteiger partial charge is 0.119 e. The molecule has 0 atom stereocenters. The highest BCUT2D eigenvalue weighted by Crippen LogP contribution is 2.40. The summed E-state index contributed by atoms with van der Waals surface area (Å²) in [7, 11) is 1.72. The van der Waals surface area contributed by atoms with Gasteiger partial charge in [0.05, 0.1) is 7.11 Å². The molecular weight excluding hydrogens is 326 g/mol. The van der Waals surface area contributed by atoms with Crippen LogP contribution in [0.15, 0.2) is 46.9 Å². The summed E-state index contributed by atoms with van der Waals surface area (Å²) in [6.45, 7) is 2.12. The van der Waals surface area contributed by atoms with Gasteiger partial charge in [0.15, 0.2) is 0 Å². The lowest BCUT2D eigenvalue weighted by atomic mass is 9.75. The number of halogens is 1. The fourth-order valence-electron chi connectivity index (χ4n) is 2.87. The lowest BCUT2D eigenvalue weighted by Crippen LogP contribution is -2.34. The van der Waals surface area contributed by atoms with Gasteiger partial charge in [0.2, 0.25) is 0 Å². The van der Waals surface area contributed by atoms with E-state index in [0.717, 1.165) is 10.2 Å². The van der Waals surface area contributed by atoms with E-state index in [9.17, 15) is 0 Å². The fourth-order valence-corrected chi connectivity index (χ4v) is 3.23. The first kappa shape index (κ1) is 14.5. The maximum absolute atomic E-state index is 5.30.